The van der Waals surface area contributed by atoms with E-state index in [1.165, 1.54) is 0 Å². The van der Waals surface area contributed by atoms with Crippen LogP contribution >= 0.6 is 24.8 Å². The summed E-state index contributed by atoms with van der Waals surface area (Å²) in [7, 11) is 0. The highest BCUT2D eigenvalue weighted by molar-refractivity contribution is 6.06. The first-order valence-electron chi connectivity index (χ1n) is 9.92. The molecule has 1 aliphatic rings. The Bertz CT molecular complexity index is 985. The van der Waals surface area contributed by atoms with Crippen LogP contribution in [0.5, 0.6) is 0 Å². The van der Waals surface area contributed by atoms with Crippen LogP contribution in [0.1, 0.15) is 50.0 Å². The lowest BCUT2D eigenvalue weighted by molar-refractivity contribution is 0.0663. The number of furan rings is 1. The minimum atomic E-state index is 0. The third kappa shape index (κ3) is 4.48. The number of likely N-dealkylation sites (tertiary alicyclic amines) is 1. The summed E-state index contributed by atoms with van der Waals surface area (Å²) in [6.45, 7) is 7.56. The van der Waals surface area contributed by atoms with Crippen LogP contribution in [0.2, 0.25) is 0 Å². The highest BCUT2D eigenvalue weighted by Crippen LogP contribution is 2.29. The molecular weight excluding hydrogens is 425 g/mol. The van der Waals surface area contributed by atoms with Gasteiger partial charge in [0, 0.05) is 25.2 Å². The van der Waals surface area contributed by atoms with E-state index in [0.29, 0.717) is 35.1 Å². The quantitative estimate of drug-likeness (QED) is 0.634. The number of nitrogens with two attached hydrogens (primary N) is 1. The minimum absolute atomic E-state index is 0. The van der Waals surface area contributed by atoms with Gasteiger partial charge in [0.15, 0.2) is 11.4 Å². The van der Waals surface area contributed by atoms with Crippen molar-refractivity contribution in [2.45, 2.75) is 45.7 Å². The fourth-order valence-corrected chi connectivity index (χ4v) is 3.92. The van der Waals surface area contributed by atoms with Gasteiger partial charge in [0.1, 0.15) is 5.69 Å². The molecule has 1 saturated heterocycles. The van der Waals surface area contributed by atoms with Gasteiger partial charge in [-0.2, -0.15) is 5.10 Å². The van der Waals surface area contributed by atoms with E-state index >= 15 is 0 Å². The van der Waals surface area contributed by atoms with Crippen LogP contribution in [-0.4, -0.2) is 44.7 Å². The van der Waals surface area contributed by atoms with Crippen molar-refractivity contribution in [3.05, 3.63) is 36.2 Å². The molecule has 2 atom stereocenters. The Kier molecular flexibility index (Phi) is 7.91. The van der Waals surface area contributed by atoms with Crippen molar-refractivity contribution in [1.29, 1.82) is 0 Å². The number of fused-ring (bicyclic) bond motifs is 1. The Morgan fingerprint density at radius 1 is 1.30 bits per heavy atom. The summed E-state index contributed by atoms with van der Waals surface area (Å²) in [5.74, 6) is 0.978. The third-order valence-electron chi connectivity index (χ3n) is 5.55. The van der Waals surface area contributed by atoms with Crippen LogP contribution in [0.3, 0.4) is 0 Å². The van der Waals surface area contributed by atoms with Gasteiger partial charge in [-0.25, -0.2) is 9.67 Å². The Balaban J connectivity index is 0.00000160. The molecule has 0 aromatic carbocycles. The number of halogens is 2. The van der Waals surface area contributed by atoms with Gasteiger partial charge in [-0.1, -0.05) is 0 Å². The van der Waals surface area contributed by atoms with Gasteiger partial charge in [-0.3, -0.25) is 4.79 Å². The third-order valence-corrected chi connectivity index (χ3v) is 5.55. The largest absolute Gasteiger partial charge is 0.463 e. The molecule has 0 bridgehead atoms. The molecule has 9 heteroatoms. The maximum Gasteiger partial charge on any atom is 0.254 e. The average molecular weight is 454 g/mol. The molecule has 1 aliphatic heterocycles. The standard InChI is InChI=1S/C21H27N5O2.2ClH/c1-13(2)26-20-17(11-23-26)16(10-18(24-20)19-7-5-9-28-19)21(27)25-8-4-6-15(12-25)14(3)22;;/h5,7,9-11,13-15H,4,6,8,12,22H2,1-3H3;2*1H. The second-order valence-electron chi connectivity index (χ2n) is 7.97. The molecule has 3 aromatic heterocycles. The molecule has 2 N–H and O–H groups in total. The lowest BCUT2D eigenvalue weighted by Gasteiger charge is -2.34. The van der Waals surface area contributed by atoms with E-state index in [4.69, 9.17) is 15.1 Å². The molecule has 3 aromatic rings. The number of hydrogen-bond donors (Lipinski definition) is 1. The van der Waals surface area contributed by atoms with Gasteiger partial charge in [0.2, 0.25) is 0 Å². The van der Waals surface area contributed by atoms with Gasteiger partial charge in [-0.15, -0.1) is 24.8 Å². The number of hydrogen-bond acceptors (Lipinski definition) is 5. The number of carbonyl (C=O) groups excluding carboxylic acids is 1. The first-order valence-corrected chi connectivity index (χ1v) is 9.92. The zero-order valence-electron chi connectivity index (χ0n) is 17.4. The van der Waals surface area contributed by atoms with Crippen molar-refractivity contribution < 1.29 is 9.21 Å². The molecule has 1 amide bonds. The van der Waals surface area contributed by atoms with Crippen LogP contribution in [-0.2, 0) is 0 Å². The SMILES string of the molecule is CC(N)C1CCCN(C(=O)c2cc(-c3ccco3)nc3c2cnn3C(C)C)C1.Cl.Cl. The molecule has 0 radical (unpaired) electrons. The summed E-state index contributed by atoms with van der Waals surface area (Å²) in [4.78, 5) is 20.1. The summed E-state index contributed by atoms with van der Waals surface area (Å²) < 4.78 is 7.39. The zero-order valence-corrected chi connectivity index (χ0v) is 19.1. The van der Waals surface area contributed by atoms with Crippen molar-refractivity contribution in [2.24, 2.45) is 11.7 Å². The molecule has 2 unspecified atom stereocenters. The van der Waals surface area contributed by atoms with E-state index in [9.17, 15) is 4.79 Å². The summed E-state index contributed by atoms with van der Waals surface area (Å²) >= 11 is 0. The summed E-state index contributed by atoms with van der Waals surface area (Å²) in [5, 5.41) is 5.26. The van der Waals surface area contributed by atoms with Crippen molar-refractivity contribution in [3.8, 4) is 11.5 Å². The van der Waals surface area contributed by atoms with E-state index in [1.807, 2.05) is 48.6 Å². The Labute approximate surface area is 188 Å². The zero-order chi connectivity index (χ0) is 19.8. The molecule has 1 fully saturated rings. The summed E-state index contributed by atoms with van der Waals surface area (Å²) in [5.41, 5.74) is 8.07. The monoisotopic (exact) mass is 453 g/mol. The second kappa shape index (κ2) is 9.81. The normalized spacial score (nSPS) is 17.5. The number of carbonyl (C=O) groups is 1. The first kappa shape index (κ1) is 24.2. The fraction of sp³-hybridized carbons (Fsp3) is 0.476. The minimum Gasteiger partial charge on any atom is -0.463 e. The van der Waals surface area contributed by atoms with Gasteiger partial charge in [-0.05, 0) is 57.7 Å². The summed E-state index contributed by atoms with van der Waals surface area (Å²) in [6, 6.07) is 5.71. The van der Waals surface area contributed by atoms with E-state index in [0.717, 1.165) is 24.8 Å². The molecular formula is C21H29Cl2N5O2. The maximum absolute atomic E-state index is 13.5. The number of nitrogens with zero attached hydrogens (tertiary/aromatic N) is 4. The van der Waals surface area contributed by atoms with Crippen LogP contribution < -0.4 is 5.73 Å². The lowest BCUT2D eigenvalue weighted by atomic mass is 9.91. The molecule has 4 heterocycles. The van der Waals surface area contributed by atoms with Crippen molar-refractivity contribution >= 4 is 41.8 Å². The number of piperidine rings is 1. The van der Waals surface area contributed by atoms with Crippen LogP contribution in [0, 0.1) is 5.92 Å². The first-order chi connectivity index (χ1) is 13.5. The molecule has 4 rings (SSSR count). The molecule has 7 nitrogen and oxygen atoms in total. The lowest BCUT2D eigenvalue weighted by Crippen LogP contribution is -2.45. The number of rotatable bonds is 4. The fourth-order valence-electron chi connectivity index (χ4n) is 3.92. The number of aromatic nitrogens is 3. The van der Waals surface area contributed by atoms with Crippen LogP contribution in [0.4, 0.5) is 0 Å². The van der Waals surface area contributed by atoms with Crippen LogP contribution in [0.15, 0.2) is 35.1 Å². The van der Waals surface area contributed by atoms with E-state index in [-0.39, 0.29) is 42.8 Å². The molecule has 164 valence electrons. The predicted molar refractivity (Wildman–Crippen MR) is 122 cm³/mol. The highest BCUT2D eigenvalue weighted by atomic mass is 35.5. The number of pyridine rings is 1. The van der Waals surface area contributed by atoms with E-state index in [2.05, 4.69) is 5.10 Å². The molecule has 0 aliphatic carbocycles. The Morgan fingerprint density at radius 2 is 2.07 bits per heavy atom. The van der Waals surface area contributed by atoms with Gasteiger partial charge in [0.25, 0.3) is 5.91 Å². The second-order valence-corrected chi connectivity index (χ2v) is 7.97. The molecule has 0 saturated carbocycles. The van der Waals surface area contributed by atoms with Crippen molar-refractivity contribution in [2.75, 3.05) is 13.1 Å². The smallest absolute Gasteiger partial charge is 0.254 e. The Morgan fingerprint density at radius 3 is 2.70 bits per heavy atom. The van der Waals surface area contributed by atoms with Gasteiger partial charge >= 0.3 is 0 Å². The molecule has 30 heavy (non-hydrogen) atoms. The maximum atomic E-state index is 13.5. The van der Waals surface area contributed by atoms with Gasteiger partial charge in [0.05, 0.1) is 23.4 Å². The van der Waals surface area contributed by atoms with Crippen molar-refractivity contribution in [3.63, 3.8) is 0 Å². The predicted octanol–water partition coefficient (Wildman–Crippen LogP) is 4.32. The van der Waals surface area contributed by atoms with Gasteiger partial charge < -0.3 is 15.1 Å². The van der Waals surface area contributed by atoms with E-state index < -0.39 is 0 Å². The van der Waals surface area contributed by atoms with Crippen LogP contribution in [0.25, 0.3) is 22.5 Å². The Hall–Kier alpha value is -2.09. The average Bonchev–Trinajstić information content (AvgIpc) is 3.36. The highest BCUT2D eigenvalue weighted by Gasteiger charge is 2.29. The van der Waals surface area contributed by atoms with E-state index in [1.54, 1.807) is 12.5 Å². The van der Waals surface area contributed by atoms with Crippen molar-refractivity contribution in [1.82, 2.24) is 19.7 Å². The topological polar surface area (TPSA) is 90.2 Å². The summed E-state index contributed by atoms with van der Waals surface area (Å²) in [6.07, 6.45) is 5.40. The molecule has 0 spiro atoms. The number of amides is 1.